The molecule has 1 aliphatic heterocycles. The molecule has 0 fully saturated rings. The molecule has 0 atom stereocenters. The summed E-state index contributed by atoms with van der Waals surface area (Å²) in [6.45, 7) is 1.30. The Bertz CT molecular complexity index is 617. The molecule has 0 aromatic heterocycles. The zero-order valence-electron chi connectivity index (χ0n) is 11.5. The zero-order chi connectivity index (χ0) is 15.4. The van der Waals surface area contributed by atoms with Gasteiger partial charge in [-0.2, -0.15) is 0 Å². The fourth-order valence-corrected chi connectivity index (χ4v) is 1.73. The van der Waals surface area contributed by atoms with Gasteiger partial charge in [0.15, 0.2) is 0 Å². The number of rotatable bonds is 4. The van der Waals surface area contributed by atoms with Crippen LogP contribution in [0.4, 0.5) is 5.69 Å². The highest BCUT2D eigenvalue weighted by molar-refractivity contribution is 5.97. The van der Waals surface area contributed by atoms with Gasteiger partial charge in [-0.1, -0.05) is 0 Å². The van der Waals surface area contributed by atoms with Gasteiger partial charge in [0.1, 0.15) is 11.3 Å². The summed E-state index contributed by atoms with van der Waals surface area (Å²) in [5.41, 5.74) is 0.698. The first-order valence-corrected chi connectivity index (χ1v) is 6.07. The topological polar surface area (TPSA) is 90.9 Å². The third-order valence-electron chi connectivity index (χ3n) is 2.62. The number of methoxy groups -OCH3 is 1. The first-order chi connectivity index (χ1) is 9.99. The van der Waals surface area contributed by atoms with Crippen molar-refractivity contribution in [1.29, 1.82) is 0 Å². The molecule has 0 aliphatic carbocycles. The summed E-state index contributed by atoms with van der Waals surface area (Å²) < 4.78 is 14.4. The largest absolute Gasteiger partial charge is 0.465 e. The van der Waals surface area contributed by atoms with Crippen LogP contribution in [0.15, 0.2) is 35.7 Å². The highest BCUT2D eigenvalue weighted by atomic mass is 16.6. The molecule has 110 valence electrons. The Balaban J connectivity index is 2.14. The molecule has 1 aromatic carbocycles. The lowest BCUT2D eigenvalue weighted by Gasteiger charge is -2.08. The van der Waals surface area contributed by atoms with Gasteiger partial charge in [-0.15, -0.1) is 0 Å². The molecule has 7 heteroatoms. The van der Waals surface area contributed by atoms with Gasteiger partial charge in [-0.3, -0.25) is 9.59 Å². The Morgan fingerprint density at radius 3 is 2.48 bits per heavy atom. The minimum Gasteiger partial charge on any atom is -0.465 e. The monoisotopic (exact) mass is 291 g/mol. The Morgan fingerprint density at radius 2 is 1.90 bits per heavy atom. The van der Waals surface area contributed by atoms with Crippen LogP contribution in [0.5, 0.6) is 5.75 Å². The first-order valence-electron chi connectivity index (χ1n) is 6.07. The van der Waals surface area contributed by atoms with Gasteiger partial charge in [0.05, 0.1) is 13.5 Å². The van der Waals surface area contributed by atoms with Crippen LogP contribution in [-0.2, 0) is 23.9 Å². The Hall–Kier alpha value is -2.83. The predicted molar refractivity (Wildman–Crippen MR) is 71.1 cm³/mol. The highest BCUT2D eigenvalue weighted by Crippen LogP contribution is 2.24. The van der Waals surface area contributed by atoms with Gasteiger partial charge in [0, 0.05) is 12.6 Å². The van der Waals surface area contributed by atoms with E-state index in [4.69, 9.17) is 9.47 Å². The van der Waals surface area contributed by atoms with E-state index in [9.17, 15) is 14.4 Å². The predicted octanol–water partition coefficient (Wildman–Crippen LogP) is 1.36. The molecule has 0 saturated carbocycles. The number of carbonyl (C=O) groups is 3. The van der Waals surface area contributed by atoms with E-state index in [1.807, 2.05) is 0 Å². The molecule has 2 rings (SSSR count). The lowest BCUT2D eigenvalue weighted by molar-refractivity contribution is -0.138. The fourth-order valence-electron chi connectivity index (χ4n) is 1.73. The SMILES string of the molecule is COC(=O)C1=C(Nc2ccc(OC(C)=O)cc2)OC(=O)C1. The number of hydrogen-bond donors (Lipinski definition) is 1. The molecule has 7 nitrogen and oxygen atoms in total. The number of hydrogen-bond acceptors (Lipinski definition) is 7. The lowest BCUT2D eigenvalue weighted by Crippen LogP contribution is -2.09. The standard InChI is InChI=1S/C14H13NO6/c1-8(16)20-10-5-3-9(4-6-10)15-13-11(14(18)19-2)7-12(17)21-13/h3-6,15H,7H2,1-2H3. The van der Waals surface area contributed by atoms with E-state index in [-0.39, 0.29) is 17.9 Å². The average Bonchev–Trinajstić information content (AvgIpc) is 2.80. The van der Waals surface area contributed by atoms with E-state index < -0.39 is 17.9 Å². The Labute approximate surface area is 120 Å². The number of anilines is 1. The van der Waals surface area contributed by atoms with Crippen LogP contribution >= 0.6 is 0 Å². The minimum atomic E-state index is -0.625. The molecule has 1 aliphatic rings. The van der Waals surface area contributed by atoms with Gasteiger partial charge in [0.2, 0.25) is 5.88 Å². The van der Waals surface area contributed by atoms with E-state index in [0.29, 0.717) is 11.4 Å². The summed E-state index contributed by atoms with van der Waals surface area (Å²) in [5.74, 6) is -1.14. The van der Waals surface area contributed by atoms with Gasteiger partial charge in [0.25, 0.3) is 0 Å². The molecule has 1 N–H and O–H groups in total. The number of carbonyl (C=O) groups excluding carboxylic acids is 3. The minimum absolute atomic E-state index is 0.0482. The van der Waals surface area contributed by atoms with Gasteiger partial charge in [-0.25, -0.2) is 4.79 Å². The van der Waals surface area contributed by atoms with Crippen molar-refractivity contribution in [2.45, 2.75) is 13.3 Å². The van der Waals surface area contributed by atoms with Crippen molar-refractivity contribution in [1.82, 2.24) is 0 Å². The maximum Gasteiger partial charge on any atom is 0.339 e. The third kappa shape index (κ3) is 3.59. The summed E-state index contributed by atoms with van der Waals surface area (Å²) in [5, 5.41) is 2.81. The van der Waals surface area contributed by atoms with Crippen LogP contribution < -0.4 is 10.1 Å². The maximum absolute atomic E-state index is 11.5. The van der Waals surface area contributed by atoms with E-state index in [0.717, 1.165) is 0 Å². The van der Waals surface area contributed by atoms with Crippen LogP contribution in [-0.4, -0.2) is 25.0 Å². The number of ether oxygens (including phenoxy) is 3. The van der Waals surface area contributed by atoms with Crippen molar-refractivity contribution in [2.24, 2.45) is 0 Å². The van der Waals surface area contributed by atoms with Crippen LogP contribution in [0.25, 0.3) is 0 Å². The first kappa shape index (κ1) is 14.6. The van der Waals surface area contributed by atoms with Crippen molar-refractivity contribution in [3.8, 4) is 5.75 Å². The van der Waals surface area contributed by atoms with Gasteiger partial charge in [-0.05, 0) is 24.3 Å². The number of benzene rings is 1. The second kappa shape index (κ2) is 6.08. The Kier molecular flexibility index (Phi) is 4.22. The van der Waals surface area contributed by atoms with Crippen LogP contribution in [0.3, 0.4) is 0 Å². The third-order valence-corrected chi connectivity index (χ3v) is 2.62. The molecule has 0 unspecified atom stereocenters. The van der Waals surface area contributed by atoms with Crippen molar-refractivity contribution in [3.05, 3.63) is 35.7 Å². The molecule has 0 saturated heterocycles. The molecule has 0 radical (unpaired) electrons. The molecular formula is C14H13NO6. The van der Waals surface area contributed by atoms with Crippen molar-refractivity contribution in [3.63, 3.8) is 0 Å². The molecule has 21 heavy (non-hydrogen) atoms. The number of nitrogens with one attached hydrogen (secondary N) is 1. The number of esters is 3. The van der Waals surface area contributed by atoms with E-state index in [2.05, 4.69) is 10.1 Å². The normalized spacial score (nSPS) is 13.7. The van der Waals surface area contributed by atoms with E-state index >= 15 is 0 Å². The number of cyclic esters (lactones) is 1. The van der Waals surface area contributed by atoms with Crippen molar-refractivity contribution < 1.29 is 28.6 Å². The Morgan fingerprint density at radius 1 is 1.24 bits per heavy atom. The summed E-state index contributed by atoms with van der Waals surface area (Å²) in [6, 6.07) is 6.37. The quantitative estimate of drug-likeness (QED) is 0.661. The van der Waals surface area contributed by atoms with Crippen molar-refractivity contribution in [2.75, 3.05) is 12.4 Å². The molecule has 0 amide bonds. The molecule has 0 spiro atoms. The highest BCUT2D eigenvalue weighted by Gasteiger charge is 2.29. The smallest absolute Gasteiger partial charge is 0.339 e. The molecule has 1 aromatic rings. The summed E-state index contributed by atoms with van der Waals surface area (Å²) >= 11 is 0. The average molecular weight is 291 g/mol. The lowest BCUT2D eigenvalue weighted by atomic mass is 10.2. The van der Waals surface area contributed by atoms with Crippen LogP contribution in [0, 0.1) is 0 Å². The van der Waals surface area contributed by atoms with Gasteiger partial charge < -0.3 is 19.5 Å². The van der Waals surface area contributed by atoms with E-state index in [1.165, 1.54) is 14.0 Å². The molecule has 0 bridgehead atoms. The second-order valence-electron chi connectivity index (χ2n) is 4.19. The molecule has 1 heterocycles. The summed E-state index contributed by atoms with van der Waals surface area (Å²) in [4.78, 5) is 33.6. The summed E-state index contributed by atoms with van der Waals surface area (Å²) in [6.07, 6.45) is -0.138. The maximum atomic E-state index is 11.5. The van der Waals surface area contributed by atoms with Crippen LogP contribution in [0.1, 0.15) is 13.3 Å². The zero-order valence-corrected chi connectivity index (χ0v) is 11.5. The second-order valence-corrected chi connectivity index (χ2v) is 4.19. The fraction of sp³-hybridized carbons (Fsp3) is 0.214. The molecular weight excluding hydrogens is 278 g/mol. The van der Waals surface area contributed by atoms with E-state index in [1.54, 1.807) is 24.3 Å². The van der Waals surface area contributed by atoms with Crippen molar-refractivity contribution >= 4 is 23.6 Å². The summed E-state index contributed by atoms with van der Waals surface area (Å²) in [7, 11) is 1.23. The van der Waals surface area contributed by atoms with Crippen LogP contribution in [0.2, 0.25) is 0 Å². The van der Waals surface area contributed by atoms with Gasteiger partial charge >= 0.3 is 17.9 Å².